The minimum Gasteiger partial charge on any atom is -0.466 e. The Labute approximate surface area is 89.6 Å². The van der Waals surface area contributed by atoms with Crippen molar-refractivity contribution in [2.24, 2.45) is 0 Å². The van der Waals surface area contributed by atoms with Crippen LogP contribution in [0.1, 0.15) is 0 Å². The van der Waals surface area contributed by atoms with Crippen molar-refractivity contribution in [3.63, 3.8) is 0 Å². The molecule has 0 spiro atoms. The third-order valence-corrected chi connectivity index (χ3v) is 2.47. The van der Waals surface area contributed by atoms with Crippen molar-refractivity contribution in [3.05, 3.63) is 12.3 Å². The van der Waals surface area contributed by atoms with Gasteiger partial charge in [-0.1, -0.05) is 0 Å². The lowest BCUT2D eigenvalue weighted by Gasteiger charge is -2.13. The van der Waals surface area contributed by atoms with Gasteiger partial charge in [-0.2, -0.15) is 0 Å². The summed E-state index contributed by atoms with van der Waals surface area (Å²) < 4.78 is 15.0. The lowest BCUT2D eigenvalue weighted by molar-refractivity contribution is -0.134. The van der Waals surface area contributed by atoms with Crippen molar-refractivity contribution in [1.29, 1.82) is 0 Å². The van der Waals surface area contributed by atoms with Gasteiger partial charge in [-0.15, -0.1) is 0 Å². The first-order valence-electron chi connectivity index (χ1n) is 4.77. The molecule has 0 N–H and O–H groups in total. The number of rotatable bonds is 4. The summed E-state index contributed by atoms with van der Waals surface area (Å²) in [6.45, 7) is 1.45. The van der Waals surface area contributed by atoms with Crippen molar-refractivity contribution in [3.8, 4) is 0 Å². The van der Waals surface area contributed by atoms with E-state index in [-0.39, 0.29) is 18.2 Å². The van der Waals surface area contributed by atoms with Crippen molar-refractivity contribution in [2.45, 2.75) is 12.2 Å². The molecule has 0 aromatic carbocycles. The molecule has 2 atom stereocenters. The quantitative estimate of drug-likeness (QED) is 0.488. The topological polar surface area (TPSA) is 48.0 Å². The number of esters is 1. The van der Waals surface area contributed by atoms with Gasteiger partial charge in [0.25, 0.3) is 0 Å². The molecule has 0 aromatic rings. The minimum atomic E-state index is -0.357. The van der Waals surface area contributed by atoms with Crippen LogP contribution in [0.15, 0.2) is 12.3 Å². The summed E-state index contributed by atoms with van der Waals surface area (Å²) >= 11 is 0. The summed E-state index contributed by atoms with van der Waals surface area (Å²) in [4.78, 5) is 12.8. The molecule has 86 valence electrons. The number of nitrogens with zero attached hydrogens (tertiary/aromatic N) is 1. The van der Waals surface area contributed by atoms with Crippen LogP contribution in [0, 0.1) is 0 Å². The van der Waals surface area contributed by atoms with Crippen molar-refractivity contribution >= 4 is 5.97 Å². The molecule has 0 amide bonds. The molecule has 0 radical (unpaired) electrons. The van der Waals surface area contributed by atoms with Crippen molar-refractivity contribution in [2.75, 3.05) is 34.4 Å². The summed E-state index contributed by atoms with van der Waals surface area (Å²) in [6, 6.07) is 0. The third kappa shape index (κ3) is 3.21. The molecule has 1 heterocycles. The summed E-state index contributed by atoms with van der Waals surface area (Å²) in [5.74, 6) is -0.357. The SMILES string of the molecule is COC(=O)/C=C/N1CC(OC)C(OC)C1. The largest absolute Gasteiger partial charge is 0.466 e. The van der Waals surface area contributed by atoms with E-state index in [2.05, 4.69) is 4.74 Å². The Hall–Kier alpha value is -1.07. The Morgan fingerprint density at radius 2 is 1.73 bits per heavy atom. The molecule has 0 bridgehead atoms. The molecule has 15 heavy (non-hydrogen) atoms. The zero-order chi connectivity index (χ0) is 11.3. The summed E-state index contributed by atoms with van der Waals surface area (Å²) in [6.07, 6.45) is 3.20. The van der Waals surface area contributed by atoms with Crippen LogP contribution in [-0.2, 0) is 19.0 Å². The molecular formula is C10H17NO4. The number of carbonyl (C=O) groups is 1. The highest BCUT2D eigenvalue weighted by Gasteiger charge is 2.31. The van der Waals surface area contributed by atoms with E-state index in [9.17, 15) is 4.79 Å². The number of hydrogen-bond donors (Lipinski definition) is 0. The third-order valence-electron chi connectivity index (χ3n) is 2.47. The lowest BCUT2D eigenvalue weighted by atomic mass is 10.3. The van der Waals surface area contributed by atoms with Crippen LogP contribution in [0.3, 0.4) is 0 Å². The predicted octanol–water partition coefficient (Wildman–Crippen LogP) is 0.0187. The maximum absolute atomic E-state index is 10.9. The zero-order valence-corrected chi connectivity index (χ0v) is 9.30. The van der Waals surface area contributed by atoms with E-state index in [0.29, 0.717) is 0 Å². The molecule has 1 aliphatic heterocycles. The molecule has 0 saturated carbocycles. The van der Waals surface area contributed by atoms with Gasteiger partial charge >= 0.3 is 5.97 Å². The van der Waals surface area contributed by atoms with E-state index in [1.807, 2.05) is 4.90 Å². The Kier molecular flexibility index (Phi) is 4.58. The van der Waals surface area contributed by atoms with E-state index in [0.717, 1.165) is 13.1 Å². The van der Waals surface area contributed by atoms with Crippen LogP contribution in [-0.4, -0.2) is 57.5 Å². The normalized spacial score (nSPS) is 26.2. The molecule has 5 heteroatoms. The summed E-state index contributed by atoms with van der Waals surface area (Å²) in [7, 11) is 4.67. The van der Waals surface area contributed by atoms with Gasteiger partial charge in [-0.3, -0.25) is 0 Å². The van der Waals surface area contributed by atoms with Crippen LogP contribution >= 0.6 is 0 Å². The van der Waals surface area contributed by atoms with Gasteiger partial charge in [0, 0.05) is 39.6 Å². The fourth-order valence-corrected chi connectivity index (χ4v) is 1.58. The van der Waals surface area contributed by atoms with Gasteiger partial charge in [0.2, 0.25) is 0 Å². The predicted molar refractivity (Wildman–Crippen MR) is 54.3 cm³/mol. The van der Waals surface area contributed by atoms with Crippen LogP contribution in [0.2, 0.25) is 0 Å². The van der Waals surface area contributed by atoms with Crippen molar-refractivity contribution in [1.82, 2.24) is 4.90 Å². The van der Waals surface area contributed by atoms with Gasteiger partial charge in [0.05, 0.1) is 7.11 Å². The van der Waals surface area contributed by atoms with E-state index in [1.165, 1.54) is 13.2 Å². The zero-order valence-electron chi connectivity index (χ0n) is 9.30. The second-order valence-corrected chi connectivity index (χ2v) is 3.34. The van der Waals surface area contributed by atoms with Crippen molar-refractivity contribution < 1.29 is 19.0 Å². The van der Waals surface area contributed by atoms with Crippen LogP contribution < -0.4 is 0 Å². The Morgan fingerprint density at radius 3 is 2.13 bits per heavy atom. The standard InChI is InChI=1S/C10H17NO4/c1-13-8-6-11(7-9(8)14-2)5-4-10(12)15-3/h4-5,8-9H,6-7H2,1-3H3/b5-4+. The Morgan fingerprint density at radius 1 is 1.20 bits per heavy atom. The molecule has 1 rings (SSSR count). The van der Waals surface area contributed by atoms with Gasteiger partial charge in [0.15, 0.2) is 0 Å². The number of hydrogen-bond acceptors (Lipinski definition) is 5. The second-order valence-electron chi connectivity index (χ2n) is 3.34. The maximum atomic E-state index is 10.9. The maximum Gasteiger partial charge on any atom is 0.331 e. The fraction of sp³-hybridized carbons (Fsp3) is 0.700. The molecule has 2 unspecified atom stereocenters. The highest BCUT2D eigenvalue weighted by Crippen LogP contribution is 2.15. The van der Waals surface area contributed by atoms with Gasteiger partial charge in [0.1, 0.15) is 12.2 Å². The highest BCUT2D eigenvalue weighted by molar-refractivity contribution is 5.81. The first-order chi connectivity index (χ1) is 7.21. The fourth-order valence-electron chi connectivity index (χ4n) is 1.58. The number of methoxy groups -OCH3 is 3. The molecular weight excluding hydrogens is 198 g/mol. The first kappa shape index (κ1) is 12.0. The monoisotopic (exact) mass is 215 g/mol. The van der Waals surface area contributed by atoms with Crippen LogP contribution in [0.25, 0.3) is 0 Å². The number of carbonyl (C=O) groups excluding carboxylic acids is 1. The smallest absolute Gasteiger partial charge is 0.331 e. The molecule has 5 nitrogen and oxygen atoms in total. The molecule has 1 aliphatic rings. The van der Waals surface area contributed by atoms with Gasteiger partial charge < -0.3 is 19.1 Å². The first-order valence-corrected chi connectivity index (χ1v) is 4.77. The van der Waals surface area contributed by atoms with E-state index >= 15 is 0 Å². The summed E-state index contributed by atoms with van der Waals surface area (Å²) in [5, 5.41) is 0. The van der Waals surface area contributed by atoms with Crippen LogP contribution in [0.5, 0.6) is 0 Å². The van der Waals surface area contributed by atoms with E-state index < -0.39 is 0 Å². The minimum absolute atomic E-state index is 0.0531. The van der Waals surface area contributed by atoms with E-state index in [1.54, 1.807) is 20.4 Å². The number of ether oxygens (including phenoxy) is 3. The number of likely N-dealkylation sites (tertiary alicyclic amines) is 1. The molecule has 1 saturated heterocycles. The Bertz CT molecular complexity index is 230. The van der Waals surface area contributed by atoms with Gasteiger partial charge in [-0.05, 0) is 0 Å². The molecule has 0 aliphatic carbocycles. The highest BCUT2D eigenvalue weighted by atomic mass is 16.5. The Balaban J connectivity index is 2.46. The van der Waals surface area contributed by atoms with E-state index in [4.69, 9.17) is 9.47 Å². The summed E-state index contributed by atoms with van der Waals surface area (Å²) in [5.41, 5.74) is 0. The molecule has 0 aromatic heterocycles. The average molecular weight is 215 g/mol. The average Bonchev–Trinajstić information content (AvgIpc) is 2.68. The second kappa shape index (κ2) is 5.72. The molecule has 1 fully saturated rings. The van der Waals surface area contributed by atoms with Crippen LogP contribution in [0.4, 0.5) is 0 Å². The van der Waals surface area contributed by atoms with Gasteiger partial charge in [-0.25, -0.2) is 4.79 Å². The lowest BCUT2D eigenvalue weighted by Crippen LogP contribution is -2.27.